The van der Waals surface area contributed by atoms with Crippen LogP contribution in [0.2, 0.25) is 0 Å². The number of carbonyl (C=O) groups excluding carboxylic acids is 1. The van der Waals surface area contributed by atoms with E-state index in [0.29, 0.717) is 6.54 Å². The van der Waals surface area contributed by atoms with E-state index in [1.807, 2.05) is 29.2 Å². The number of para-hydroxylation sites is 1. The van der Waals surface area contributed by atoms with E-state index >= 15 is 0 Å². The van der Waals surface area contributed by atoms with Crippen molar-refractivity contribution < 1.29 is 9.53 Å². The molecule has 2 atom stereocenters. The molecule has 0 aliphatic carbocycles. The molecule has 1 amide bonds. The summed E-state index contributed by atoms with van der Waals surface area (Å²) in [4.78, 5) is 15.2. The molecular formula is C21H20N2O2S. The number of ether oxygens (including phenoxy) is 1. The zero-order chi connectivity index (χ0) is 17.5. The second kappa shape index (κ2) is 6.41. The predicted molar refractivity (Wildman–Crippen MR) is 105 cm³/mol. The number of nitrogens with zero attached hydrogens (tertiary/aromatic N) is 1. The van der Waals surface area contributed by atoms with E-state index in [9.17, 15) is 4.79 Å². The van der Waals surface area contributed by atoms with Gasteiger partial charge in [0.05, 0.1) is 11.7 Å². The first-order valence-electron chi connectivity index (χ1n) is 9.05. The van der Waals surface area contributed by atoms with Crippen molar-refractivity contribution in [3.8, 4) is 0 Å². The van der Waals surface area contributed by atoms with Crippen molar-refractivity contribution in [2.24, 2.45) is 0 Å². The molecule has 0 bridgehead atoms. The predicted octanol–water partition coefficient (Wildman–Crippen LogP) is 4.65. The summed E-state index contributed by atoms with van der Waals surface area (Å²) >= 11 is 1.73. The average Bonchev–Trinajstić information content (AvgIpc) is 3.34. The molecule has 2 aromatic carbocycles. The SMILES string of the molecule is O=C1c2ccccc2N[C@@H](c2csc3ccccc23)N1C[C@@H]1CCCO1. The Bertz CT molecular complexity index is 961. The van der Waals surface area contributed by atoms with Crippen molar-refractivity contribution in [3.05, 3.63) is 65.0 Å². The third-order valence-corrected chi connectivity index (χ3v) is 6.23. The maximum atomic E-state index is 13.3. The molecule has 3 heterocycles. The van der Waals surface area contributed by atoms with Crippen molar-refractivity contribution in [2.75, 3.05) is 18.5 Å². The van der Waals surface area contributed by atoms with E-state index < -0.39 is 0 Å². The molecule has 0 saturated carbocycles. The zero-order valence-corrected chi connectivity index (χ0v) is 15.2. The monoisotopic (exact) mass is 364 g/mol. The Morgan fingerprint density at radius 2 is 2.00 bits per heavy atom. The largest absolute Gasteiger partial charge is 0.376 e. The van der Waals surface area contributed by atoms with Gasteiger partial charge < -0.3 is 15.0 Å². The molecule has 5 heteroatoms. The smallest absolute Gasteiger partial charge is 0.257 e. The molecule has 1 N–H and O–H groups in total. The van der Waals surface area contributed by atoms with Crippen molar-refractivity contribution in [1.82, 2.24) is 4.90 Å². The highest BCUT2D eigenvalue weighted by molar-refractivity contribution is 7.17. The van der Waals surface area contributed by atoms with E-state index in [-0.39, 0.29) is 18.2 Å². The number of amides is 1. The Morgan fingerprint density at radius 1 is 1.15 bits per heavy atom. The minimum absolute atomic E-state index is 0.0788. The molecule has 0 unspecified atom stereocenters. The molecular weight excluding hydrogens is 344 g/mol. The van der Waals surface area contributed by atoms with Crippen LogP contribution in [0, 0.1) is 0 Å². The van der Waals surface area contributed by atoms with Gasteiger partial charge in [0.15, 0.2) is 0 Å². The van der Waals surface area contributed by atoms with Crippen LogP contribution in [-0.2, 0) is 4.74 Å². The Hall–Kier alpha value is -2.37. The molecule has 1 aromatic heterocycles. The topological polar surface area (TPSA) is 41.6 Å². The number of anilines is 1. The van der Waals surface area contributed by atoms with Crippen LogP contribution in [0.15, 0.2) is 53.9 Å². The molecule has 0 spiro atoms. The van der Waals surface area contributed by atoms with E-state index in [4.69, 9.17) is 4.74 Å². The fourth-order valence-electron chi connectivity index (χ4n) is 3.94. The van der Waals surface area contributed by atoms with Gasteiger partial charge in [0, 0.05) is 29.1 Å². The lowest BCUT2D eigenvalue weighted by atomic mass is 10.0. The van der Waals surface area contributed by atoms with Crippen LogP contribution in [0.1, 0.15) is 34.9 Å². The summed E-state index contributed by atoms with van der Waals surface area (Å²) in [6.07, 6.45) is 2.04. The number of rotatable bonds is 3. The molecule has 132 valence electrons. The van der Waals surface area contributed by atoms with Crippen molar-refractivity contribution >= 4 is 33.0 Å². The van der Waals surface area contributed by atoms with E-state index in [2.05, 4.69) is 35.0 Å². The first kappa shape index (κ1) is 15.9. The molecule has 5 rings (SSSR count). The highest BCUT2D eigenvalue weighted by Gasteiger charge is 2.36. The van der Waals surface area contributed by atoms with Crippen LogP contribution in [0.4, 0.5) is 5.69 Å². The maximum Gasteiger partial charge on any atom is 0.257 e. The number of carbonyl (C=O) groups is 1. The quantitative estimate of drug-likeness (QED) is 0.736. The Balaban J connectivity index is 1.59. The van der Waals surface area contributed by atoms with Crippen LogP contribution in [0.3, 0.4) is 0 Å². The summed E-state index contributed by atoms with van der Waals surface area (Å²) in [6.45, 7) is 1.41. The van der Waals surface area contributed by atoms with E-state index in [1.54, 1.807) is 11.3 Å². The van der Waals surface area contributed by atoms with Gasteiger partial charge in [-0.25, -0.2) is 0 Å². The summed E-state index contributed by atoms with van der Waals surface area (Å²) in [6, 6.07) is 16.2. The van der Waals surface area contributed by atoms with Crippen LogP contribution in [0.5, 0.6) is 0 Å². The standard InChI is InChI=1S/C21H20N2O2S/c24-21-16-8-1-3-9-18(16)22-20(23(21)12-14-6-5-11-25-14)17-13-26-19-10-4-2-7-15(17)19/h1-4,7-10,13-14,20,22H,5-6,11-12H2/t14-,20+/m0/s1. The number of benzene rings is 2. The summed E-state index contributed by atoms with van der Waals surface area (Å²) < 4.78 is 7.07. The second-order valence-electron chi connectivity index (χ2n) is 6.87. The second-order valence-corrected chi connectivity index (χ2v) is 7.78. The van der Waals surface area contributed by atoms with E-state index in [0.717, 1.165) is 36.3 Å². The maximum absolute atomic E-state index is 13.3. The normalized spacial score (nSPS) is 22.5. The lowest BCUT2D eigenvalue weighted by molar-refractivity contribution is 0.0429. The number of hydrogen-bond donors (Lipinski definition) is 1. The lowest BCUT2D eigenvalue weighted by Crippen LogP contribution is -2.46. The average molecular weight is 364 g/mol. The lowest BCUT2D eigenvalue weighted by Gasteiger charge is -2.39. The fourth-order valence-corrected chi connectivity index (χ4v) is 4.92. The molecule has 3 aromatic rings. The van der Waals surface area contributed by atoms with Crippen LogP contribution in [-0.4, -0.2) is 30.1 Å². The third kappa shape index (κ3) is 2.59. The van der Waals surface area contributed by atoms with Gasteiger partial charge in [0.1, 0.15) is 6.17 Å². The Morgan fingerprint density at radius 3 is 2.88 bits per heavy atom. The van der Waals surface area contributed by atoms with Gasteiger partial charge in [-0.15, -0.1) is 11.3 Å². The Labute approximate surface area is 156 Å². The highest BCUT2D eigenvalue weighted by atomic mass is 32.1. The van der Waals surface area contributed by atoms with Gasteiger partial charge in [-0.2, -0.15) is 0 Å². The van der Waals surface area contributed by atoms with Gasteiger partial charge in [-0.05, 0) is 41.8 Å². The van der Waals surface area contributed by atoms with Crippen LogP contribution < -0.4 is 5.32 Å². The van der Waals surface area contributed by atoms with Gasteiger partial charge in [0.25, 0.3) is 5.91 Å². The Kier molecular flexibility index (Phi) is 3.91. The van der Waals surface area contributed by atoms with Gasteiger partial charge >= 0.3 is 0 Å². The van der Waals surface area contributed by atoms with E-state index in [1.165, 1.54) is 10.1 Å². The number of nitrogens with one attached hydrogen (secondary N) is 1. The molecule has 2 aliphatic heterocycles. The molecule has 2 aliphatic rings. The minimum atomic E-state index is -0.169. The number of hydrogen-bond acceptors (Lipinski definition) is 4. The first-order chi connectivity index (χ1) is 12.8. The summed E-state index contributed by atoms with van der Waals surface area (Å²) in [7, 11) is 0. The van der Waals surface area contributed by atoms with Gasteiger partial charge in [-0.1, -0.05) is 30.3 Å². The summed E-state index contributed by atoms with van der Waals surface area (Å²) in [5.74, 6) is 0.0788. The van der Waals surface area contributed by atoms with Crippen molar-refractivity contribution in [1.29, 1.82) is 0 Å². The molecule has 1 saturated heterocycles. The van der Waals surface area contributed by atoms with Gasteiger partial charge in [-0.3, -0.25) is 4.79 Å². The fraction of sp³-hybridized carbons (Fsp3) is 0.286. The van der Waals surface area contributed by atoms with Crippen molar-refractivity contribution in [2.45, 2.75) is 25.1 Å². The third-order valence-electron chi connectivity index (χ3n) is 5.25. The molecule has 1 fully saturated rings. The highest BCUT2D eigenvalue weighted by Crippen LogP contribution is 2.38. The van der Waals surface area contributed by atoms with Gasteiger partial charge in [0.2, 0.25) is 0 Å². The van der Waals surface area contributed by atoms with Crippen LogP contribution >= 0.6 is 11.3 Å². The first-order valence-corrected chi connectivity index (χ1v) is 9.93. The van der Waals surface area contributed by atoms with Crippen LogP contribution in [0.25, 0.3) is 10.1 Å². The minimum Gasteiger partial charge on any atom is -0.376 e. The molecule has 0 radical (unpaired) electrons. The summed E-state index contributed by atoms with van der Waals surface area (Å²) in [5, 5.41) is 6.98. The summed E-state index contributed by atoms with van der Waals surface area (Å²) in [5.41, 5.74) is 2.80. The molecule has 4 nitrogen and oxygen atoms in total. The molecule has 26 heavy (non-hydrogen) atoms. The number of thiophene rings is 1. The van der Waals surface area contributed by atoms with Crippen molar-refractivity contribution in [3.63, 3.8) is 0 Å². The zero-order valence-electron chi connectivity index (χ0n) is 14.4. The number of fused-ring (bicyclic) bond motifs is 2.